The van der Waals surface area contributed by atoms with Crippen LogP contribution in [0.2, 0.25) is 0 Å². The van der Waals surface area contributed by atoms with E-state index in [0.29, 0.717) is 25.6 Å². The number of primary sulfonamides is 1. The number of rotatable bonds is 6. The fraction of sp³-hybridized carbons (Fsp3) is 0.562. The lowest BCUT2D eigenvalue weighted by atomic mass is 10.0. The Balaban J connectivity index is 1.75. The highest BCUT2D eigenvalue weighted by atomic mass is 32.2. The van der Waals surface area contributed by atoms with Gasteiger partial charge in [0.2, 0.25) is 15.9 Å². The van der Waals surface area contributed by atoms with Crippen molar-refractivity contribution in [1.82, 2.24) is 10.2 Å². The van der Waals surface area contributed by atoms with Gasteiger partial charge in [-0.05, 0) is 50.4 Å². The summed E-state index contributed by atoms with van der Waals surface area (Å²) < 4.78 is 22.4. The minimum absolute atomic E-state index is 0.0416. The molecule has 1 aromatic carbocycles. The normalized spacial score (nSPS) is 19.5. The van der Waals surface area contributed by atoms with Gasteiger partial charge in [-0.3, -0.25) is 9.69 Å². The molecule has 0 spiro atoms. The van der Waals surface area contributed by atoms with E-state index in [2.05, 4.69) is 17.1 Å². The number of amides is 1. The maximum Gasteiger partial charge on any atom is 0.238 e. The van der Waals surface area contributed by atoms with E-state index >= 15 is 0 Å². The van der Waals surface area contributed by atoms with Crippen molar-refractivity contribution in [3.63, 3.8) is 0 Å². The van der Waals surface area contributed by atoms with Gasteiger partial charge in [-0.2, -0.15) is 0 Å². The zero-order valence-corrected chi connectivity index (χ0v) is 14.3. The van der Waals surface area contributed by atoms with E-state index in [1.54, 1.807) is 12.1 Å². The maximum absolute atomic E-state index is 12.0. The highest BCUT2D eigenvalue weighted by Crippen LogP contribution is 2.15. The molecule has 2 rings (SSSR count). The Morgan fingerprint density at radius 3 is 2.61 bits per heavy atom. The molecule has 0 bridgehead atoms. The van der Waals surface area contributed by atoms with Crippen LogP contribution in [0.3, 0.4) is 0 Å². The second-order valence-corrected chi connectivity index (χ2v) is 7.67. The van der Waals surface area contributed by atoms with Gasteiger partial charge in [0.15, 0.2) is 0 Å². The minimum atomic E-state index is -3.65. The summed E-state index contributed by atoms with van der Waals surface area (Å²) in [5.74, 6) is 0.0416. The van der Waals surface area contributed by atoms with Crippen molar-refractivity contribution < 1.29 is 13.2 Å². The SMILES string of the molecule is C[C@@H]1CCCCN1CC(=O)NCCc1ccc(S(N)(=O)=O)cc1. The molecule has 1 saturated heterocycles. The van der Waals surface area contributed by atoms with Crippen molar-refractivity contribution in [3.8, 4) is 0 Å². The standard InChI is InChI=1S/C16H25N3O3S/c1-13-4-2-3-11-19(13)12-16(20)18-10-9-14-5-7-15(8-6-14)23(17,21)22/h5-8,13H,2-4,9-12H2,1H3,(H,18,20)(H2,17,21,22)/t13-/m1/s1. The van der Waals surface area contributed by atoms with Crippen molar-refractivity contribution in [1.29, 1.82) is 0 Å². The Morgan fingerprint density at radius 1 is 1.30 bits per heavy atom. The molecular weight excluding hydrogens is 314 g/mol. The van der Waals surface area contributed by atoms with E-state index in [9.17, 15) is 13.2 Å². The topological polar surface area (TPSA) is 92.5 Å². The molecule has 6 nitrogen and oxygen atoms in total. The van der Waals surface area contributed by atoms with Gasteiger partial charge in [0, 0.05) is 12.6 Å². The fourth-order valence-corrected chi connectivity index (χ4v) is 3.34. The number of carbonyl (C=O) groups is 1. The molecule has 1 fully saturated rings. The molecule has 7 heteroatoms. The average molecular weight is 339 g/mol. The van der Waals surface area contributed by atoms with Crippen LogP contribution < -0.4 is 10.5 Å². The maximum atomic E-state index is 12.0. The largest absolute Gasteiger partial charge is 0.355 e. The summed E-state index contributed by atoms with van der Waals surface area (Å²) in [5.41, 5.74) is 0.962. The highest BCUT2D eigenvalue weighted by molar-refractivity contribution is 7.89. The lowest BCUT2D eigenvalue weighted by molar-refractivity contribution is -0.123. The molecule has 0 aromatic heterocycles. The molecule has 0 saturated carbocycles. The Labute approximate surface area is 138 Å². The van der Waals surface area contributed by atoms with Crippen LogP contribution in [0, 0.1) is 0 Å². The van der Waals surface area contributed by atoms with Crippen molar-refractivity contribution in [2.45, 2.75) is 43.5 Å². The third-order valence-corrected chi connectivity index (χ3v) is 5.20. The molecule has 1 aliphatic rings. The second kappa shape index (κ2) is 7.90. The molecule has 0 aliphatic carbocycles. The summed E-state index contributed by atoms with van der Waals surface area (Å²) in [6.45, 7) is 4.14. The summed E-state index contributed by atoms with van der Waals surface area (Å²) in [6.07, 6.45) is 4.22. The highest BCUT2D eigenvalue weighted by Gasteiger charge is 2.20. The van der Waals surface area contributed by atoms with Gasteiger partial charge in [0.05, 0.1) is 11.4 Å². The number of likely N-dealkylation sites (tertiary alicyclic amines) is 1. The zero-order chi connectivity index (χ0) is 16.9. The second-order valence-electron chi connectivity index (χ2n) is 6.10. The summed E-state index contributed by atoms with van der Waals surface area (Å²) in [5, 5.41) is 7.98. The summed E-state index contributed by atoms with van der Waals surface area (Å²) in [4.78, 5) is 14.3. The number of carbonyl (C=O) groups excluding carboxylic acids is 1. The van der Waals surface area contributed by atoms with Gasteiger partial charge in [0.1, 0.15) is 0 Å². The monoisotopic (exact) mass is 339 g/mol. The summed E-state index contributed by atoms with van der Waals surface area (Å²) >= 11 is 0. The van der Waals surface area contributed by atoms with Crippen molar-refractivity contribution in [2.75, 3.05) is 19.6 Å². The van der Waals surface area contributed by atoms with Gasteiger partial charge in [0.25, 0.3) is 0 Å². The number of benzene rings is 1. The third kappa shape index (κ3) is 5.60. The zero-order valence-electron chi connectivity index (χ0n) is 13.5. The molecule has 0 radical (unpaired) electrons. The van der Waals surface area contributed by atoms with Crippen LogP contribution in [0.5, 0.6) is 0 Å². The van der Waals surface area contributed by atoms with Crippen molar-refractivity contribution >= 4 is 15.9 Å². The lowest BCUT2D eigenvalue weighted by Gasteiger charge is -2.32. The number of hydrogen-bond donors (Lipinski definition) is 2. The van der Waals surface area contributed by atoms with Gasteiger partial charge in [-0.25, -0.2) is 13.6 Å². The first-order valence-corrected chi connectivity index (χ1v) is 9.53. The molecule has 1 aliphatic heterocycles. The van der Waals surface area contributed by atoms with E-state index in [4.69, 9.17) is 5.14 Å². The van der Waals surface area contributed by atoms with Gasteiger partial charge in [-0.1, -0.05) is 18.6 Å². The Hall–Kier alpha value is -1.44. The van der Waals surface area contributed by atoms with E-state index < -0.39 is 10.0 Å². The lowest BCUT2D eigenvalue weighted by Crippen LogP contribution is -2.44. The van der Waals surface area contributed by atoms with E-state index in [-0.39, 0.29) is 10.8 Å². The average Bonchev–Trinajstić information content (AvgIpc) is 2.49. The smallest absolute Gasteiger partial charge is 0.238 e. The van der Waals surface area contributed by atoms with Crippen LogP contribution in [0.1, 0.15) is 31.7 Å². The predicted octanol–water partition coefficient (Wildman–Crippen LogP) is 0.867. The first-order chi connectivity index (χ1) is 10.9. The Morgan fingerprint density at radius 2 is 2.00 bits per heavy atom. The predicted molar refractivity (Wildman–Crippen MR) is 89.4 cm³/mol. The van der Waals surface area contributed by atoms with Gasteiger partial charge < -0.3 is 5.32 Å². The van der Waals surface area contributed by atoms with E-state index in [0.717, 1.165) is 24.9 Å². The third-order valence-electron chi connectivity index (χ3n) is 4.27. The molecule has 1 aromatic rings. The van der Waals surface area contributed by atoms with Crippen LogP contribution >= 0.6 is 0 Å². The number of sulfonamides is 1. The number of piperidine rings is 1. The van der Waals surface area contributed by atoms with Crippen LogP contribution in [-0.2, 0) is 21.2 Å². The summed E-state index contributed by atoms with van der Waals surface area (Å²) in [6, 6.07) is 6.89. The van der Waals surface area contributed by atoms with Gasteiger partial charge in [-0.15, -0.1) is 0 Å². The Kier molecular flexibility index (Phi) is 6.15. The molecule has 1 atom stereocenters. The molecular formula is C16H25N3O3S. The Bertz CT molecular complexity index is 628. The van der Waals surface area contributed by atoms with Crippen LogP contribution in [-0.4, -0.2) is 44.9 Å². The molecule has 1 heterocycles. The number of nitrogens with one attached hydrogen (secondary N) is 1. The minimum Gasteiger partial charge on any atom is -0.355 e. The molecule has 3 N–H and O–H groups in total. The van der Waals surface area contributed by atoms with E-state index in [1.165, 1.54) is 18.6 Å². The van der Waals surface area contributed by atoms with Gasteiger partial charge >= 0.3 is 0 Å². The number of hydrogen-bond acceptors (Lipinski definition) is 4. The molecule has 23 heavy (non-hydrogen) atoms. The molecule has 1 amide bonds. The first kappa shape index (κ1) is 17.9. The first-order valence-electron chi connectivity index (χ1n) is 7.99. The molecule has 0 unspecified atom stereocenters. The van der Waals surface area contributed by atoms with Crippen LogP contribution in [0.15, 0.2) is 29.2 Å². The quantitative estimate of drug-likeness (QED) is 0.804. The summed E-state index contributed by atoms with van der Waals surface area (Å²) in [7, 11) is -3.65. The molecule has 128 valence electrons. The van der Waals surface area contributed by atoms with Crippen LogP contribution in [0.25, 0.3) is 0 Å². The van der Waals surface area contributed by atoms with E-state index in [1.807, 2.05) is 0 Å². The van der Waals surface area contributed by atoms with Crippen molar-refractivity contribution in [3.05, 3.63) is 29.8 Å². The van der Waals surface area contributed by atoms with Crippen LogP contribution in [0.4, 0.5) is 0 Å². The van der Waals surface area contributed by atoms with Crippen molar-refractivity contribution in [2.24, 2.45) is 5.14 Å². The fourth-order valence-electron chi connectivity index (χ4n) is 2.82. The number of nitrogens with two attached hydrogens (primary N) is 1. The number of nitrogens with zero attached hydrogens (tertiary/aromatic N) is 1.